The predicted octanol–water partition coefficient (Wildman–Crippen LogP) is 4.06. The molecule has 3 N–H and O–H groups in total. The van der Waals surface area contributed by atoms with Crippen LogP contribution in [0.2, 0.25) is 0 Å². The van der Waals surface area contributed by atoms with Crippen molar-refractivity contribution in [3.8, 4) is 17.2 Å². The minimum atomic E-state index is -0.132. The molecule has 0 saturated carbocycles. The van der Waals surface area contributed by atoms with Gasteiger partial charge in [0.2, 0.25) is 5.75 Å². The number of hydrogen-bond donors (Lipinski definition) is 2. The van der Waals surface area contributed by atoms with Gasteiger partial charge in [-0.1, -0.05) is 12.1 Å². The lowest BCUT2D eigenvalue weighted by Crippen LogP contribution is -2.03. The van der Waals surface area contributed by atoms with E-state index >= 15 is 0 Å². The van der Waals surface area contributed by atoms with E-state index in [9.17, 15) is 4.79 Å². The standard InChI is InChI=1S/C21H22N2O4/c1-12(8-14-11-23-19-15(14)6-5-7-16(19)22)20(24)13-9-17(25-2)21(27-4)18(10-13)26-3/h5-11,23H,22H2,1-4H3/b12-8+. The molecule has 140 valence electrons. The third kappa shape index (κ3) is 3.33. The minimum absolute atomic E-state index is 0.132. The number of carbonyl (C=O) groups is 1. The first-order chi connectivity index (χ1) is 13.0. The summed E-state index contributed by atoms with van der Waals surface area (Å²) in [5, 5.41) is 0.965. The van der Waals surface area contributed by atoms with E-state index in [0.29, 0.717) is 34.1 Å². The smallest absolute Gasteiger partial charge is 0.203 e. The van der Waals surface area contributed by atoms with Crippen LogP contribution in [-0.4, -0.2) is 32.1 Å². The topological polar surface area (TPSA) is 86.6 Å². The van der Waals surface area contributed by atoms with Gasteiger partial charge in [0.15, 0.2) is 17.3 Å². The zero-order chi connectivity index (χ0) is 19.6. The monoisotopic (exact) mass is 366 g/mol. The SMILES string of the molecule is COc1cc(C(=O)/C(C)=C/c2c[nH]c3c(N)cccc23)cc(OC)c1OC. The molecule has 6 nitrogen and oxygen atoms in total. The highest BCUT2D eigenvalue weighted by atomic mass is 16.5. The second kappa shape index (κ2) is 7.45. The van der Waals surface area contributed by atoms with Crippen molar-refractivity contribution in [2.24, 2.45) is 0 Å². The summed E-state index contributed by atoms with van der Waals surface area (Å²) < 4.78 is 16.0. The molecule has 0 spiro atoms. The summed E-state index contributed by atoms with van der Waals surface area (Å²) >= 11 is 0. The van der Waals surface area contributed by atoms with Gasteiger partial charge < -0.3 is 24.9 Å². The van der Waals surface area contributed by atoms with Crippen LogP contribution in [0.25, 0.3) is 17.0 Å². The summed E-state index contributed by atoms with van der Waals surface area (Å²) in [6.45, 7) is 1.77. The molecule has 1 aromatic heterocycles. The number of ether oxygens (including phenoxy) is 3. The number of allylic oxidation sites excluding steroid dienone is 1. The molecule has 0 aliphatic carbocycles. The molecule has 0 saturated heterocycles. The van der Waals surface area contributed by atoms with Crippen LogP contribution in [0.15, 0.2) is 42.1 Å². The van der Waals surface area contributed by atoms with Crippen molar-refractivity contribution in [1.82, 2.24) is 4.98 Å². The number of ketones is 1. The molecule has 3 rings (SSSR count). The van der Waals surface area contributed by atoms with E-state index in [2.05, 4.69) is 4.98 Å². The number of para-hydroxylation sites is 1. The Morgan fingerprint density at radius 3 is 2.33 bits per heavy atom. The van der Waals surface area contributed by atoms with Crippen LogP contribution in [0.3, 0.4) is 0 Å². The number of nitrogens with one attached hydrogen (secondary N) is 1. The van der Waals surface area contributed by atoms with Gasteiger partial charge in [0.25, 0.3) is 0 Å². The van der Waals surface area contributed by atoms with Crippen LogP contribution in [-0.2, 0) is 0 Å². The fraction of sp³-hybridized carbons (Fsp3) is 0.190. The molecule has 0 atom stereocenters. The van der Waals surface area contributed by atoms with Gasteiger partial charge >= 0.3 is 0 Å². The van der Waals surface area contributed by atoms with Gasteiger partial charge in [0, 0.05) is 22.7 Å². The highest BCUT2D eigenvalue weighted by Gasteiger charge is 2.18. The zero-order valence-electron chi connectivity index (χ0n) is 15.8. The van der Waals surface area contributed by atoms with E-state index in [1.165, 1.54) is 21.3 Å². The quantitative estimate of drug-likeness (QED) is 0.390. The molecule has 0 aliphatic rings. The number of rotatable bonds is 6. The Kier molecular flexibility index (Phi) is 5.07. The number of nitrogens with two attached hydrogens (primary N) is 1. The largest absolute Gasteiger partial charge is 0.493 e. The molecule has 0 bridgehead atoms. The Balaban J connectivity index is 2.02. The summed E-state index contributed by atoms with van der Waals surface area (Å²) in [6.07, 6.45) is 3.68. The number of carbonyl (C=O) groups excluding carboxylic acids is 1. The third-order valence-electron chi connectivity index (χ3n) is 4.44. The molecular weight excluding hydrogens is 344 g/mol. The maximum atomic E-state index is 13.0. The van der Waals surface area contributed by atoms with Crippen LogP contribution in [0.5, 0.6) is 17.2 Å². The van der Waals surface area contributed by atoms with Gasteiger partial charge in [-0.05, 0) is 36.8 Å². The molecule has 6 heteroatoms. The lowest BCUT2D eigenvalue weighted by Gasteiger charge is -2.13. The maximum Gasteiger partial charge on any atom is 0.203 e. The number of fused-ring (bicyclic) bond motifs is 1. The second-order valence-corrected chi connectivity index (χ2v) is 6.08. The van der Waals surface area contributed by atoms with Gasteiger partial charge in [-0.25, -0.2) is 0 Å². The summed E-state index contributed by atoms with van der Waals surface area (Å²) in [4.78, 5) is 16.1. The number of H-pyrrole nitrogens is 1. The van der Waals surface area contributed by atoms with Gasteiger partial charge in [0.05, 0.1) is 32.5 Å². The number of benzene rings is 2. The first-order valence-electron chi connectivity index (χ1n) is 8.38. The van der Waals surface area contributed by atoms with Gasteiger partial charge in [-0.2, -0.15) is 0 Å². The van der Waals surface area contributed by atoms with Crippen LogP contribution >= 0.6 is 0 Å². The second-order valence-electron chi connectivity index (χ2n) is 6.08. The summed E-state index contributed by atoms with van der Waals surface area (Å²) in [5.74, 6) is 1.19. The number of aromatic nitrogens is 1. The zero-order valence-corrected chi connectivity index (χ0v) is 15.8. The summed E-state index contributed by atoms with van der Waals surface area (Å²) in [5.41, 5.74) is 9.44. The highest BCUT2D eigenvalue weighted by molar-refractivity contribution is 6.12. The van der Waals surface area contributed by atoms with Crippen LogP contribution in [0, 0.1) is 0 Å². The first-order valence-corrected chi connectivity index (χ1v) is 8.38. The molecule has 27 heavy (non-hydrogen) atoms. The minimum Gasteiger partial charge on any atom is -0.493 e. The van der Waals surface area contributed by atoms with E-state index in [4.69, 9.17) is 19.9 Å². The first kappa shape index (κ1) is 18.4. The number of nitrogen functional groups attached to an aromatic ring is 1. The molecule has 0 unspecified atom stereocenters. The molecule has 3 aromatic rings. The predicted molar refractivity (Wildman–Crippen MR) is 107 cm³/mol. The normalized spacial score (nSPS) is 11.5. The molecule has 0 amide bonds. The van der Waals surface area contributed by atoms with E-state index < -0.39 is 0 Å². The molecule has 0 aliphatic heterocycles. The highest BCUT2D eigenvalue weighted by Crippen LogP contribution is 2.38. The number of Topliss-reactive ketones (excluding diaryl/α,β-unsaturated/α-hetero) is 1. The number of aromatic amines is 1. The van der Waals surface area contributed by atoms with Crippen molar-refractivity contribution >= 4 is 28.4 Å². The van der Waals surface area contributed by atoms with Crippen LogP contribution in [0.1, 0.15) is 22.8 Å². The lowest BCUT2D eigenvalue weighted by atomic mass is 10.0. The van der Waals surface area contributed by atoms with Crippen molar-refractivity contribution in [2.75, 3.05) is 27.1 Å². The van der Waals surface area contributed by atoms with Crippen molar-refractivity contribution < 1.29 is 19.0 Å². The average Bonchev–Trinajstić information content (AvgIpc) is 3.10. The maximum absolute atomic E-state index is 13.0. The van der Waals surface area contributed by atoms with Gasteiger partial charge in [0.1, 0.15) is 0 Å². The Morgan fingerprint density at radius 2 is 1.74 bits per heavy atom. The van der Waals surface area contributed by atoms with Crippen molar-refractivity contribution in [3.63, 3.8) is 0 Å². The fourth-order valence-corrected chi connectivity index (χ4v) is 3.06. The van der Waals surface area contributed by atoms with Gasteiger partial charge in [-0.15, -0.1) is 0 Å². The molecular formula is C21H22N2O4. The van der Waals surface area contributed by atoms with Gasteiger partial charge in [-0.3, -0.25) is 4.79 Å². The summed E-state index contributed by atoms with van der Waals surface area (Å²) in [7, 11) is 4.56. The Labute approximate surface area is 157 Å². The van der Waals surface area contributed by atoms with Crippen molar-refractivity contribution in [1.29, 1.82) is 0 Å². The molecule has 0 fully saturated rings. The number of hydrogen-bond acceptors (Lipinski definition) is 5. The van der Waals surface area contributed by atoms with Crippen molar-refractivity contribution in [2.45, 2.75) is 6.92 Å². The Morgan fingerprint density at radius 1 is 1.07 bits per heavy atom. The van der Waals surface area contributed by atoms with Crippen LogP contribution < -0.4 is 19.9 Å². The Hall–Kier alpha value is -3.41. The van der Waals surface area contributed by atoms with Crippen LogP contribution in [0.4, 0.5) is 5.69 Å². The van der Waals surface area contributed by atoms with E-state index in [0.717, 1.165) is 16.5 Å². The van der Waals surface area contributed by atoms with E-state index in [-0.39, 0.29) is 5.78 Å². The third-order valence-corrected chi connectivity index (χ3v) is 4.44. The molecule has 0 radical (unpaired) electrons. The number of methoxy groups -OCH3 is 3. The van der Waals surface area contributed by atoms with E-state index in [1.807, 2.05) is 30.5 Å². The lowest BCUT2D eigenvalue weighted by molar-refractivity contribution is 0.103. The van der Waals surface area contributed by atoms with E-state index in [1.54, 1.807) is 19.1 Å². The fourth-order valence-electron chi connectivity index (χ4n) is 3.06. The number of anilines is 1. The molecule has 2 aromatic carbocycles. The molecule has 1 heterocycles. The van der Waals surface area contributed by atoms with Crippen molar-refractivity contribution in [3.05, 3.63) is 53.2 Å². The Bertz CT molecular complexity index is 1010. The summed E-state index contributed by atoms with van der Waals surface area (Å²) in [6, 6.07) is 8.98. The average molecular weight is 366 g/mol.